The number of hydrogen-bond acceptors (Lipinski definition) is 1. The van der Waals surface area contributed by atoms with E-state index in [0.29, 0.717) is 5.88 Å². The van der Waals surface area contributed by atoms with Crippen LogP contribution in [0.15, 0.2) is 0 Å². The second kappa shape index (κ2) is 3.87. The molecule has 1 fully saturated rings. The highest BCUT2D eigenvalue weighted by Crippen LogP contribution is 2.25. The van der Waals surface area contributed by atoms with Gasteiger partial charge in [0.05, 0.1) is 0 Å². The fourth-order valence-electron chi connectivity index (χ4n) is 1.69. The molecule has 0 aromatic rings. The molecule has 1 heterocycles. The maximum Gasteiger partial charge on any atom is 0.228 e. The zero-order chi connectivity index (χ0) is 10.1. The Morgan fingerprint density at radius 2 is 2.15 bits per heavy atom. The first-order valence-corrected chi connectivity index (χ1v) is 5.37. The molecule has 0 spiro atoms. The fourth-order valence-corrected chi connectivity index (χ4v) is 2.02. The van der Waals surface area contributed by atoms with Gasteiger partial charge in [-0.3, -0.25) is 4.79 Å². The summed E-state index contributed by atoms with van der Waals surface area (Å²) < 4.78 is 0. The monoisotopic (exact) mass is 203 g/mol. The van der Waals surface area contributed by atoms with Crippen LogP contribution in [0.3, 0.4) is 0 Å². The van der Waals surface area contributed by atoms with E-state index in [9.17, 15) is 4.79 Å². The topological polar surface area (TPSA) is 20.3 Å². The van der Waals surface area contributed by atoms with Crippen molar-refractivity contribution in [2.24, 2.45) is 5.41 Å². The maximum atomic E-state index is 11.9. The summed E-state index contributed by atoms with van der Waals surface area (Å²) in [6.45, 7) is 6.75. The number of nitrogens with zero attached hydrogens (tertiary/aromatic N) is 1. The summed E-state index contributed by atoms with van der Waals surface area (Å²) >= 11 is 5.80. The van der Waals surface area contributed by atoms with Crippen LogP contribution in [0.25, 0.3) is 0 Å². The van der Waals surface area contributed by atoms with E-state index >= 15 is 0 Å². The second-order valence-corrected chi connectivity index (χ2v) is 5.01. The number of alkyl halides is 1. The van der Waals surface area contributed by atoms with Gasteiger partial charge in [0.25, 0.3) is 0 Å². The summed E-state index contributed by atoms with van der Waals surface area (Å²) in [5.74, 6) is 0.803. The van der Waals surface area contributed by atoms with E-state index in [1.54, 1.807) is 0 Å². The first kappa shape index (κ1) is 10.8. The van der Waals surface area contributed by atoms with Crippen LogP contribution in [0.1, 0.15) is 33.6 Å². The first-order valence-electron chi connectivity index (χ1n) is 4.84. The minimum absolute atomic E-state index is 0.232. The Morgan fingerprint density at radius 3 is 2.62 bits per heavy atom. The van der Waals surface area contributed by atoms with Crippen LogP contribution in [0.4, 0.5) is 0 Å². The van der Waals surface area contributed by atoms with Crippen LogP contribution in [0.2, 0.25) is 0 Å². The van der Waals surface area contributed by atoms with Gasteiger partial charge in [0.15, 0.2) is 0 Å². The Kier molecular flexibility index (Phi) is 3.23. The maximum absolute atomic E-state index is 11.9. The molecule has 0 aromatic carbocycles. The van der Waals surface area contributed by atoms with Gasteiger partial charge in [0, 0.05) is 23.9 Å². The van der Waals surface area contributed by atoms with Gasteiger partial charge in [-0.1, -0.05) is 20.8 Å². The molecule has 0 aliphatic carbocycles. The van der Waals surface area contributed by atoms with Crippen molar-refractivity contribution in [3.63, 3.8) is 0 Å². The molecule has 1 rings (SSSR count). The highest BCUT2D eigenvalue weighted by molar-refractivity contribution is 6.18. The molecule has 0 saturated carbocycles. The van der Waals surface area contributed by atoms with Crippen molar-refractivity contribution in [1.82, 2.24) is 4.90 Å². The van der Waals surface area contributed by atoms with Crippen LogP contribution in [-0.4, -0.2) is 29.3 Å². The molecule has 0 aromatic heterocycles. The lowest BCUT2D eigenvalue weighted by molar-refractivity contribution is -0.139. The summed E-state index contributed by atoms with van der Waals surface area (Å²) in [5.41, 5.74) is -0.269. The third-order valence-corrected chi connectivity index (χ3v) is 2.81. The Hall–Kier alpha value is -0.240. The molecule has 76 valence electrons. The van der Waals surface area contributed by atoms with E-state index in [0.717, 1.165) is 19.4 Å². The van der Waals surface area contributed by atoms with Crippen molar-refractivity contribution in [3.8, 4) is 0 Å². The lowest BCUT2D eigenvalue weighted by Crippen LogP contribution is -2.43. The van der Waals surface area contributed by atoms with Crippen molar-refractivity contribution in [1.29, 1.82) is 0 Å². The Balaban J connectivity index is 2.66. The molecule has 0 bridgehead atoms. The molecule has 1 amide bonds. The first-order chi connectivity index (χ1) is 5.96. The van der Waals surface area contributed by atoms with E-state index in [4.69, 9.17) is 11.6 Å². The second-order valence-electron chi connectivity index (χ2n) is 4.70. The van der Waals surface area contributed by atoms with E-state index in [-0.39, 0.29) is 17.4 Å². The molecule has 0 radical (unpaired) electrons. The molecule has 1 aliphatic rings. The van der Waals surface area contributed by atoms with Gasteiger partial charge in [0.2, 0.25) is 5.91 Å². The Bertz CT molecular complexity index is 198. The zero-order valence-corrected chi connectivity index (χ0v) is 9.40. The van der Waals surface area contributed by atoms with Crippen LogP contribution >= 0.6 is 11.6 Å². The van der Waals surface area contributed by atoms with Gasteiger partial charge in [-0.2, -0.15) is 0 Å². The molecule has 1 atom stereocenters. The van der Waals surface area contributed by atoms with Gasteiger partial charge in [-0.05, 0) is 12.8 Å². The third-order valence-electron chi connectivity index (χ3n) is 2.46. The SMILES string of the molecule is CC(C)(C)C(=O)N1CCCC1CCl. The Labute approximate surface area is 85.2 Å². The van der Waals surface area contributed by atoms with Gasteiger partial charge in [-0.25, -0.2) is 0 Å². The smallest absolute Gasteiger partial charge is 0.228 e. The molecule has 13 heavy (non-hydrogen) atoms. The summed E-state index contributed by atoms with van der Waals surface area (Å²) in [6.07, 6.45) is 2.16. The number of carbonyl (C=O) groups excluding carboxylic acids is 1. The highest BCUT2D eigenvalue weighted by atomic mass is 35.5. The minimum Gasteiger partial charge on any atom is -0.338 e. The normalized spacial score (nSPS) is 23.7. The predicted octanol–water partition coefficient (Wildman–Crippen LogP) is 2.26. The zero-order valence-electron chi connectivity index (χ0n) is 8.64. The molecule has 1 unspecified atom stereocenters. The molecule has 0 N–H and O–H groups in total. The molecule has 2 nitrogen and oxygen atoms in total. The van der Waals surface area contributed by atoms with Gasteiger partial charge in [0.1, 0.15) is 0 Å². The molecule has 1 aliphatic heterocycles. The van der Waals surface area contributed by atoms with Crippen molar-refractivity contribution in [3.05, 3.63) is 0 Å². The summed E-state index contributed by atoms with van der Waals surface area (Å²) in [4.78, 5) is 13.8. The van der Waals surface area contributed by atoms with Crippen molar-refractivity contribution >= 4 is 17.5 Å². The quantitative estimate of drug-likeness (QED) is 0.599. The number of halogens is 1. The Morgan fingerprint density at radius 1 is 1.54 bits per heavy atom. The van der Waals surface area contributed by atoms with Crippen LogP contribution in [0, 0.1) is 5.41 Å². The molecule has 3 heteroatoms. The highest BCUT2D eigenvalue weighted by Gasteiger charge is 2.34. The average Bonchev–Trinajstić information content (AvgIpc) is 2.48. The van der Waals surface area contributed by atoms with E-state index in [1.165, 1.54) is 0 Å². The van der Waals surface area contributed by atoms with E-state index < -0.39 is 0 Å². The lowest BCUT2D eigenvalue weighted by Gasteiger charge is -2.29. The summed E-state index contributed by atoms with van der Waals surface area (Å²) in [7, 11) is 0. The minimum atomic E-state index is -0.269. The number of carbonyl (C=O) groups is 1. The molecular formula is C10H18ClNO. The van der Waals surface area contributed by atoms with Crippen LogP contribution in [0.5, 0.6) is 0 Å². The van der Waals surface area contributed by atoms with Gasteiger partial charge < -0.3 is 4.90 Å². The van der Waals surface area contributed by atoms with Gasteiger partial charge in [-0.15, -0.1) is 11.6 Å². The largest absolute Gasteiger partial charge is 0.338 e. The van der Waals surface area contributed by atoms with Crippen molar-refractivity contribution in [2.45, 2.75) is 39.7 Å². The number of rotatable bonds is 1. The average molecular weight is 204 g/mol. The number of amides is 1. The van der Waals surface area contributed by atoms with E-state index in [2.05, 4.69) is 0 Å². The number of hydrogen-bond donors (Lipinski definition) is 0. The van der Waals surface area contributed by atoms with Crippen LogP contribution in [-0.2, 0) is 4.79 Å². The van der Waals surface area contributed by atoms with Crippen molar-refractivity contribution in [2.75, 3.05) is 12.4 Å². The lowest BCUT2D eigenvalue weighted by atomic mass is 9.94. The standard InChI is InChI=1S/C10H18ClNO/c1-10(2,3)9(13)12-6-4-5-8(12)7-11/h8H,4-7H2,1-3H3. The van der Waals surface area contributed by atoms with Crippen molar-refractivity contribution < 1.29 is 4.79 Å². The number of likely N-dealkylation sites (tertiary alicyclic amines) is 1. The summed E-state index contributed by atoms with van der Waals surface area (Å²) in [5, 5.41) is 0. The van der Waals surface area contributed by atoms with Crippen LogP contribution < -0.4 is 0 Å². The molecule has 1 saturated heterocycles. The third kappa shape index (κ3) is 2.37. The summed E-state index contributed by atoms with van der Waals surface area (Å²) in [6, 6.07) is 0.272. The van der Waals surface area contributed by atoms with Gasteiger partial charge >= 0.3 is 0 Å². The van der Waals surface area contributed by atoms with E-state index in [1.807, 2.05) is 25.7 Å². The predicted molar refractivity (Wildman–Crippen MR) is 54.9 cm³/mol. The molecular weight excluding hydrogens is 186 g/mol. The fraction of sp³-hybridized carbons (Fsp3) is 0.900.